The van der Waals surface area contributed by atoms with Gasteiger partial charge in [-0.1, -0.05) is 0 Å². The highest BCUT2D eigenvalue weighted by Gasteiger charge is 2.35. The van der Waals surface area contributed by atoms with Gasteiger partial charge < -0.3 is 27.2 Å². The van der Waals surface area contributed by atoms with Crippen LogP contribution in [0.1, 0.15) is 44.9 Å². The molecule has 0 saturated heterocycles. The van der Waals surface area contributed by atoms with Crippen LogP contribution >= 0.6 is 34.8 Å². The van der Waals surface area contributed by atoms with E-state index in [4.69, 9.17) is 46.3 Å². The topological polar surface area (TPSA) is 160 Å². The Morgan fingerprint density at radius 1 is 1.03 bits per heavy atom. The molecule has 31 heavy (non-hydrogen) atoms. The van der Waals surface area contributed by atoms with E-state index in [-0.39, 0.29) is 58.8 Å². The Kier molecular flexibility index (Phi) is 9.96. The number of guanidine groups is 1. The van der Waals surface area contributed by atoms with Gasteiger partial charge in [-0.05, 0) is 44.4 Å². The second kappa shape index (κ2) is 12.0. The number of nitrogens with two attached hydrogens (primary N) is 2. The first-order valence-corrected chi connectivity index (χ1v) is 11.7. The second-order valence-electron chi connectivity index (χ2n) is 8.30. The van der Waals surface area contributed by atoms with E-state index in [0.717, 1.165) is 0 Å². The lowest BCUT2D eigenvalue weighted by atomic mass is 9.82. The minimum atomic E-state index is -1.03. The molecule has 0 aliphatic heterocycles. The normalized spacial score (nSPS) is 31.8. The van der Waals surface area contributed by atoms with Gasteiger partial charge in [0.15, 0.2) is 5.96 Å². The molecule has 0 spiro atoms. The van der Waals surface area contributed by atoms with Crippen molar-refractivity contribution in [3.8, 4) is 0 Å². The van der Waals surface area contributed by atoms with Crippen LogP contribution in [0.3, 0.4) is 0 Å². The molecular formula is C19H30Cl3N5O4. The van der Waals surface area contributed by atoms with E-state index in [1.54, 1.807) is 0 Å². The lowest BCUT2D eigenvalue weighted by Gasteiger charge is -2.34. The molecular weight excluding hydrogens is 469 g/mol. The van der Waals surface area contributed by atoms with Crippen LogP contribution in [0, 0.1) is 11.8 Å². The first kappa shape index (κ1) is 25.8. The van der Waals surface area contributed by atoms with Crippen LogP contribution in [0.4, 0.5) is 0 Å². The standard InChI is InChI=1S/C19H30Cl3N5O4/c20-11-3-10(4-12(21)6-11)14(7-17(29)30)26-16(28)8-25-18(31)9-1-2-13(22)15(5-9)27-19(23)24/h9-15H,1-8H2,(H,25,31)(H,26,28)(H,29,30)(H4,23,24,27). The number of alkyl halides is 3. The number of halogens is 3. The van der Waals surface area contributed by atoms with Gasteiger partial charge in [0.2, 0.25) is 11.8 Å². The fourth-order valence-corrected chi connectivity index (χ4v) is 5.58. The number of carbonyl (C=O) groups is 3. The third kappa shape index (κ3) is 8.54. The summed E-state index contributed by atoms with van der Waals surface area (Å²) in [6.07, 6.45) is 3.08. The van der Waals surface area contributed by atoms with E-state index in [1.807, 2.05) is 0 Å². The number of amides is 2. The molecule has 176 valence electrons. The van der Waals surface area contributed by atoms with Gasteiger partial charge in [-0.3, -0.25) is 14.4 Å². The minimum Gasteiger partial charge on any atom is -0.481 e. The number of nitrogens with one attached hydrogen (secondary N) is 2. The predicted molar refractivity (Wildman–Crippen MR) is 120 cm³/mol. The number of aliphatic carboxylic acids is 1. The van der Waals surface area contributed by atoms with Gasteiger partial charge >= 0.3 is 5.97 Å². The SMILES string of the molecule is NC(N)=NC1CC(C(=O)NCC(=O)NC(CC(=O)O)C2CC(Cl)CC(Cl)C2)CCC1Cl. The average molecular weight is 499 g/mol. The summed E-state index contributed by atoms with van der Waals surface area (Å²) in [5.41, 5.74) is 10.8. The molecule has 0 aromatic carbocycles. The molecule has 2 saturated carbocycles. The Balaban J connectivity index is 1.88. The number of nitrogens with zero attached hydrogens (tertiary/aromatic N) is 1. The Morgan fingerprint density at radius 2 is 1.68 bits per heavy atom. The molecule has 6 unspecified atom stereocenters. The number of aliphatic imine (C=N–C) groups is 1. The molecule has 2 amide bonds. The lowest BCUT2D eigenvalue weighted by Crippen LogP contribution is -2.49. The zero-order chi connectivity index (χ0) is 23.1. The average Bonchev–Trinajstić information content (AvgIpc) is 2.66. The third-order valence-corrected chi connectivity index (χ3v) is 7.00. The summed E-state index contributed by atoms with van der Waals surface area (Å²) in [5, 5.41) is 14.0. The number of carbonyl (C=O) groups excluding carboxylic acids is 2. The third-order valence-electron chi connectivity index (χ3n) is 5.78. The van der Waals surface area contributed by atoms with Gasteiger partial charge in [-0.15, -0.1) is 34.8 Å². The number of carboxylic acids is 1. The summed E-state index contributed by atoms with van der Waals surface area (Å²) in [6, 6.07) is -0.967. The van der Waals surface area contributed by atoms with Crippen LogP contribution in [0.15, 0.2) is 4.99 Å². The number of hydrogen-bond acceptors (Lipinski definition) is 4. The van der Waals surface area contributed by atoms with E-state index in [1.165, 1.54) is 0 Å². The van der Waals surface area contributed by atoms with Crippen molar-refractivity contribution >= 4 is 58.5 Å². The molecule has 2 fully saturated rings. The van der Waals surface area contributed by atoms with Crippen molar-refractivity contribution in [2.45, 2.75) is 73.2 Å². The van der Waals surface area contributed by atoms with Crippen molar-refractivity contribution in [2.75, 3.05) is 6.54 Å². The maximum Gasteiger partial charge on any atom is 0.305 e. The molecule has 7 N–H and O–H groups in total. The number of rotatable bonds is 8. The van der Waals surface area contributed by atoms with Crippen LogP contribution in [0.2, 0.25) is 0 Å². The fourth-order valence-electron chi connectivity index (χ4n) is 4.32. The van der Waals surface area contributed by atoms with Gasteiger partial charge in [0.1, 0.15) is 0 Å². The molecule has 12 heteroatoms. The second-order valence-corrected chi connectivity index (χ2v) is 10.1. The monoisotopic (exact) mass is 497 g/mol. The lowest BCUT2D eigenvalue weighted by molar-refractivity contribution is -0.138. The van der Waals surface area contributed by atoms with Crippen molar-refractivity contribution in [1.82, 2.24) is 10.6 Å². The van der Waals surface area contributed by atoms with Gasteiger partial charge in [-0.25, -0.2) is 4.99 Å². The Labute approximate surface area is 196 Å². The van der Waals surface area contributed by atoms with Crippen molar-refractivity contribution in [2.24, 2.45) is 28.3 Å². The number of hydrogen-bond donors (Lipinski definition) is 5. The van der Waals surface area contributed by atoms with E-state index in [2.05, 4.69) is 15.6 Å². The van der Waals surface area contributed by atoms with Crippen LogP contribution in [-0.2, 0) is 14.4 Å². The smallest absolute Gasteiger partial charge is 0.305 e. The minimum absolute atomic E-state index is 0.0818. The van der Waals surface area contributed by atoms with Gasteiger partial charge in [0.05, 0.1) is 24.4 Å². The molecule has 6 atom stereocenters. The van der Waals surface area contributed by atoms with Crippen LogP contribution in [0.25, 0.3) is 0 Å². The Bertz CT molecular complexity index is 681. The van der Waals surface area contributed by atoms with Gasteiger partial charge in [0, 0.05) is 22.7 Å². The summed E-state index contributed by atoms with van der Waals surface area (Å²) in [6.45, 7) is -0.260. The van der Waals surface area contributed by atoms with Gasteiger partial charge in [-0.2, -0.15) is 0 Å². The van der Waals surface area contributed by atoms with Crippen molar-refractivity contribution in [1.29, 1.82) is 0 Å². The van der Waals surface area contributed by atoms with E-state index in [0.29, 0.717) is 38.5 Å². The Morgan fingerprint density at radius 3 is 2.26 bits per heavy atom. The maximum absolute atomic E-state index is 12.5. The zero-order valence-corrected chi connectivity index (χ0v) is 19.4. The highest BCUT2D eigenvalue weighted by Crippen LogP contribution is 2.34. The van der Waals surface area contributed by atoms with Crippen LogP contribution in [-0.4, -0.2) is 63.6 Å². The first-order chi connectivity index (χ1) is 14.5. The van der Waals surface area contributed by atoms with Crippen LogP contribution < -0.4 is 22.1 Å². The zero-order valence-electron chi connectivity index (χ0n) is 17.1. The van der Waals surface area contributed by atoms with Crippen molar-refractivity contribution in [3.05, 3.63) is 0 Å². The predicted octanol–water partition coefficient (Wildman–Crippen LogP) is 1.13. The summed E-state index contributed by atoms with van der Waals surface area (Å²) in [4.78, 5) is 40.3. The molecule has 0 aromatic rings. The molecule has 9 nitrogen and oxygen atoms in total. The first-order valence-electron chi connectivity index (χ1n) is 10.3. The molecule has 0 aromatic heterocycles. The summed E-state index contributed by atoms with van der Waals surface area (Å²) < 4.78 is 0. The van der Waals surface area contributed by atoms with Crippen LogP contribution in [0.5, 0.6) is 0 Å². The van der Waals surface area contributed by atoms with E-state index in [9.17, 15) is 19.5 Å². The maximum atomic E-state index is 12.5. The Hall–Kier alpha value is -1.45. The molecule has 0 heterocycles. The summed E-state index contributed by atoms with van der Waals surface area (Å²) in [5.74, 6) is -2.37. The van der Waals surface area contributed by atoms with Crippen molar-refractivity contribution in [3.63, 3.8) is 0 Å². The molecule has 2 aliphatic carbocycles. The number of carboxylic acid groups (broad SMARTS) is 1. The molecule has 2 rings (SSSR count). The highest BCUT2D eigenvalue weighted by molar-refractivity contribution is 6.23. The van der Waals surface area contributed by atoms with E-state index < -0.39 is 17.9 Å². The molecule has 2 aliphatic rings. The van der Waals surface area contributed by atoms with Gasteiger partial charge in [0.25, 0.3) is 0 Å². The summed E-state index contributed by atoms with van der Waals surface area (Å²) >= 11 is 18.7. The van der Waals surface area contributed by atoms with E-state index >= 15 is 0 Å². The molecule has 0 radical (unpaired) electrons. The summed E-state index contributed by atoms with van der Waals surface area (Å²) in [7, 11) is 0. The molecule has 0 bridgehead atoms. The van der Waals surface area contributed by atoms with Crippen molar-refractivity contribution < 1.29 is 19.5 Å². The largest absolute Gasteiger partial charge is 0.481 e. The quantitative estimate of drug-likeness (QED) is 0.191. The fraction of sp³-hybridized carbons (Fsp3) is 0.789. The highest BCUT2D eigenvalue weighted by atomic mass is 35.5.